The molecule has 3 aliphatic rings. The Hall–Kier alpha value is -3.58. The second kappa shape index (κ2) is 7.59. The third-order valence-corrected chi connectivity index (χ3v) is 6.18. The Bertz CT molecular complexity index is 1200. The number of para-hydroxylation sites is 2. The van der Waals surface area contributed by atoms with Crippen molar-refractivity contribution < 1.29 is 9.53 Å². The molecule has 1 atom stereocenters. The zero-order chi connectivity index (χ0) is 21.5. The summed E-state index contributed by atoms with van der Waals surface area (Å²) in [5, 5.41) is 10.2. The quantitative estimate of drug-likeness (QED) is 0.584. The largest absolute Gasteiger partial charge is 0.437 e. The summed E-state index contributed by atoms with van der Waals surface area (Å²) in [5.74, 6) is 1.71. The van der Waals surface area contributed by atoms with Crippen molar-refractivity contribution in [1.29, 1.82) is 5.26 Å². The number of carbonyl (C=O) groups is 1. The van der Waals surface area contributed by atoms with E-state index in [-0.39, 0.29) is 11.7 Å². The van der Waals surface area contributed by atoms with Gasteiger partial charge in [-0.05, 0) is 47.6 Å². The fourth-order valence-corrected chi connectivity index (χ4v) is 4.69. The van der Waals surface area contributed by atoms with Crippen LogP contribution < -0.4 is 9.64 Å². The maximum atomic E-state index is 13.1. The molecule has 0 radical (unpaired) electrons. The van der Waals surface area contributed by atoms with Crippen LogP contribution in [0.1, 0.15) is 44.6 Å². The second-order valence-corrected chi connectivity index (χ2v) is 8.69. The van der Waals surface area contributed by atoms with E-state index in [1.54, 1.807) is 0 Å². The van der Waals surface area contributed by atoms with Gasteiger partial charge in [-0.2, -0.15) is 5.26 Å². The monoisotopic (exact) mass is 408 g/mol. The molecule has 2 heterocycles. The summed E-state index contributed by atoms with van der Waals surface area (Å²) in [7, 11) is 0. The standard InChI is InChI=1S/C27H24N2O2/c1-17(2)12-13-19-14-20-23(15-24(19)30)29-22-10-6-7-11-25(22)31-27(29)21(16-28)26(20)18-8-4-3-5-9-18/h3-11,13,17,26H,12,14-15H2,1-2H3/b19-13+/t26-/m0/s1. The predicted molar refractivity (Wildman–Crippen MR) is 120 cm³/mol. The van der Waals surface area contributed by atoms with Crippen LogP contribution in [-0.4, -0.2) is 5.78 Å². The van der Waals surface area contributed by atoms with E-state index in [2.05, 4.69) is 38.1 Å². The fourth-order valence-electron chi connectivity index (χ4n) is 4.69. The molecular formula is C27H24N2O2. The molecular weight excluding hydrogens is 384 g/mol. The number of carbonyl (C=O) groups excluding carboxylic acids is 1. The second-order valence-electron chi connectivity index (χ2n) is 8.69. The Morgan fingerprint density at radius 1 is 1.13 bits per heavy atom. The molecule has 0 spiro atoms. The van der Waals surface area contributed by atoms with Gasteiger partial charge in [0, 0.05) is 11.6 Å². The van der Waals surface area contributed by atoms with Crippen LogP contribution in [0, 0.1) is 17.2 Å². The Kier molecular flexibility index (Phi) is 4.75. The number of ether oxygens (including phenoxy) is 1. The van der Waals surface area contributed by atoms with Gasteiger partial charge in [-0.15, -0.1) is 0 Å². The van der Waals surface area contributed by atoms with Crippen LogP contribution in [0.25, 0.3) is 0 Å². The van der Waals surface area contributed by atoms with Crippen molar-refractivity contribution >= 4 is 11.5 Å². The maximum absolute atomic E-state index is 13.1. The van der Waals surface area contributed by atoms with Crippen molar-refractivity contribution in [3.8, 4) is 11.8 Å². The van der Waals surface area contributed by atoms with Crippen LogP contribution in [0.5, 0.6) is 5.75 Å². The highest BCUT2D eigenvalue weighted by Gasteiger charge is 2.44. The minimum Gasteiger partial charge on any atom is -0.437 e. The Morgan fingerprint density at radius 2 is 1.87 bits per heavy atom. The summed E-state index contributed by atoms with van der Waals surface area (Å²) in [5.41, 5.74) is 5.49. The number of rotatable bonds is 3. The Balaban J connectivity index is 1.71. The summed E-state index contributed by atoms with van der Waals surface area (Å²) >= 11 is 0. The smallest absolute Gasteiger partial charge is 0.219 e. The molecule has 0 unspecified atom stereocenters. The number of fused-ring (bicyclic) bond motifs is 4. The van der Waals surface area contributed by atoms with Crippen LogP contribution >= 0.6 is 0 Å². The number of hydrogen-bond donors (Lipinski definition) is 0. The van der Waals surface area contributed by atoms with Gasteiger partial charge in [-0.3, -0.25) is 9.69 Å². The topological polar surface area (TPSA) is 53.3 Å². The van der Waals surface area contributed by atoms with Crippen LogP contribution in [0.3, 0.4) is 0 Å². The predicted octanol–water partition coefficient (Wildman–Crippen LogP) is 6.01. The molecule has 154 valence electrons. The fraction of sp³-hybridized carbons (Fsp3) is 0.259. The van der Waals surface area contributed by atoms with Crippen LogP contribution in [0.4, 0.5) is 5.69 Å². The van der Waals surface area contributed by atoms with E-state index in [1.165, 1.54) is 0 Å². The molecule has 0 N–H and O–H groups in total. The lowest BCUT2D eigenvalue weighted by molar-refractivity contribution is -0.115. The highest BCUT2D eigenvalue weighted by Crippen LogP contribution is 2.53. The van der Waals surface area contributed by atoms with Gasteiger partial charge in [0.1, 0.15) is 11.6 Å². The minimum absolute atomic E-state index is 0.162. The number of benzene rings is 2. The lowest BCUT2D eigenvalue weighted by Gasteiger charge is -2.37. The molecule has 1 aliphatic carbocycles. The van der Waals surface area contributed by atoms with Crippen LogP contribution in [0.15, 0.2) is 89.0 Å². The van der Waals surface area contributed by atoms with Crippen molar-refractivity contribution in [3.63, 3.8) is 0 Å². The summed E-state index contributed by atoms with van der Waals surface area (Å²) in [4.78, 5) is 15.1. The molecule has 2 aromatic rings. The molecule has 0 fully saturated rings. The molecule has 5 rings (SSSR count). The summed E-state index contributed by atoms with van der Waals surface area (Å²) < 4.78 is 6.18. The summed E-state index contributed by atoms with van der Waals surface area (Å²) in [6.45, 7) is 4.31. The number of anilines is 1. The normalized spacial score (nSPS) is 21.1. The molecule has 0 aromatic heterocycles. The first-order chi connectivity index (χ1) is 15.1. The lowest BCUT2D eigenvalue weighted by Crippen LogP contribution is -2.34. The molecule has 2 aromatic carbocycles. The van der Waals surface area contributed by atoms with Gasteiger partial charge in [0.2, 0.25) is 5.88 Å². The highest BCUT2D eigenvalue weighted by atomic mass is 16.5. The molecule has 0 bridgehead atoms. The van der Waals surface area contributed by atoms with Gasteiger partial charge in [0.05, 0.1) is 12.1 Å². The number of hydrogen-bond acceptors (Lipinski definition) is 4. The molecule has 31 heavy (non-hydrogen) atoms. The molecule has 0 saturated carbocycles. The van der Waals surface area contributed by atoms with Gasteiger partial charge >= 0.3 is 0 Å². The molecule has 4 nitrogen and oxygen atoms in total. The number of nitrogens with zero attached hydrogens (tertiary/aromatic N) is 2. The van der Waals surface area contributed by atoms with E-state index in [9.17, 15) is 10.1 Å². The summed E-state index contributed by atoms with van der Waals surface area (Å²) in [6, 6.07) is 20.3. The van der Waals surface area contributed by atoms with E-state index in [0.717, 1.165) is 40.3 Å². The van der Waals surface area contributed by atoms with Crippen molar-refractivity contribution in [2.45, 2.75) is 39.0 Å². The molecule has 2 aliphatic heterocycles. The zero-order valence-corrected chi connectivity index (χ0v) is 17.8. The Labute approximate surface area is 182 Å². The first kappa shape index (κ1) is 19.4. The van der Waals surface area contributed by atoms with Crippen LogP contribution in [-0.2, 0) is 4.79 Å². The average Bonchev–Trinajstić information content (AvgIpc) is 3.17. The van der Waals surface area contributed by atoms with Gasteiger partial charge in [-0.25, -0.2) is 0 Å². The van der Waals surface area contributed by atoms with Crippen molar-refractivity contribution in [2.75, 3.05) is 4.90 Å². The zero-order valence-electron chi connectivity index (χ0n) is 17.8. The lowest BCUT2D eigenvalue weighted by atomic mass is 9.74. The van der Waals surface area contributed by atoms with Crippen LogP contribution in [0.2, 0.25) is 0 Å². The van der Waals surface area contributed by atoms with Gasteiger partial charge in [0.15, 0.2) is 11.5 Å². The van der Waals surface area contributed by atoms with E-state index in [4.69, 9.17) is 4.74 Å². The molecule has 0 saturated heterocycles. The number of ketones is 1. The third kappa shape index (κ3) is 3.18. The van der Waals surface area contributed by atoms with E-state index < -0.39 is 0 Å². The first-order valence-corrected chi connectivity index (χ1v) is 10.8. The molecule has 0 amide bonds. The van der Waals surface area contributed by atoms with E-state index >= 15 is 0 Å². The van der Waals surface area contributed by atoms with E-state index in [0.29, 0.717) is 30.2 Å². The van der Waals surface area contributed by atoms with Gasteiger partial charge in [0.25, 0.3) is 0 Å². The van der Waals surface area contributed by atoms with E-state index in [1.807, 2.05) is 47.4 Å². The van der Waals surface area contributed by atoms with Gasteiger partial charge < -0.3 is 4.74 Å². The van der Waals surface area contributed by atoms with Crippen molar-refractivity contribution in [2.24, 2.45) is 5.92 Å². The molecule has 4 heteroatoms. The SMILES string of the molecule is CC(C)C/C=C1\CC2=C(CC1=O)N1C(=C(C#N)[C@H]2c2ccccc2)Oc2ccccc21. The maximum Gasteiger partial charge on any atom is 0.219 e. The first-order valence-electron chi connectivity index (χ1n) is 10.8. The van der Waals surface area contributed by atoms with Gasteiger partial charge in [-0.1, -0.05) is 62.4 Å². The summed E-state index contributed by atoms with van der Waals surface area (Å²) in [6.07, 6.45) is 3.86. The third-order valence-electron chi connectivity index (χ3n) is 6.18. The van der Waals surface area contributed by atoms with Crippen molar-refractivity contribution in [1.82, 2.24) is 0 Å². The minimum atomic E-state index is -0.211. The number of nitriles is 1. The number of allylic oxidation sites excluding steroid dienone is 5. The Morgan fingerprint density at radius 3 is 2.61 bits per heavy atom. The number of Topliss-reactive ketones (excluding diaryl/α,β-unsaturated/α-hetero) is 1. The van der Waals surface area contributed by atoms with Crippen molar-refractivity contribution in [3.05, 3.63) is 94.5 Å². The average molecular weight is 409 g/mol. The highest BCUT2D eigenvalue weighted by molar-refractivity contribution is 6.00.